The van der Waals surface area contributed by atoms with Gasteiger partial charge in [0.15, 0.2) is 5.78 Å². The molecule has 0 spiro atoms. The van der Waals surface area contributed by atoms with Crippen molar-refractivity contribution < 1.29 is 4.79 Å². The number of ketones is 1. The van der Waals surface area contributed by atoms with E-state index in [2.05, 4.69) is 0 Å². The maximum absolute atomic E-state index is 11.9. The average molecular weight is 227 g/mol. The Morgan fingerprint density at radius 3 is 2.33 bits per heavy atom. The molecule has 0 amide bonds. The Balaban J connectivity index is 0.00000196. The summed E-state index contributed by atoms with van der Waals surface area (Å²) in [7, 11) is 3.90. The van der Waals surface area contributed by atoms with E-state index in [1.807, 2.05) is 50.4 Å². The first kappa shape index (κ1) is 14.3. The molecule has 0 N–H and O–H groups in total. The third kappa shape index (κ3) is 3.43. The summed E-state index contributed by atoms with van der Waals surface area (Å²) in [5.74, 6) is 0.377. The van der Waals surface area contributed by atoms with Crippen molar-refractivity contribution in [1.29, 1.82) is 0 Å². The van der Waals surface area contributed by atoms with Gasteiger partial charge in [0, 0.05) is 10.8 Å². The fourth-order valence-corrected chi connectivity index (χ4v) is 2.34. The van der Waals surface area contributed by atoms with E-state index in [0.29, 0.717) is 0 Å². The Morgan fingerprint density at radius 1 is 1.40 bits per heavy atom. The lowest BCUT2D eigenvalue weighted by Gasteiger charge is -2.23. The highest BCUT2D eigenvalue weighted by molar-refractivity contribution is 7.10. The number of likely N-dealkylation sites (N-methyl/N-ethyl adjacent to an activating group) is 1. The molecule has 1 atom stereocenters. The molecule has 0 saturated heterocycles. The van der Waals surface area contributed by atoms with Crippen LogP contribution >= 0.6 is 11.3 Å². The van der Waals surface area contributed by atoms with E-state index < -0.39 is 0 Å². The Kier molecular flexibility index (Phi) is 5.76. The maximum atomic E-state index is 11.9. The average Bonchev–Trinajstić information content (AvgIpc) is 2.56. The number of Topliss-reactive ketones (excluding diaryl/α,β-unsaturated/α-hetero) is 1. The van der Waals surface area contributed by atoms with Crippen LogP contribution in [0.25, 0.3) is 0 Å². The Bertz CT molecular complexity index is 291. The van der Waals surface area contributed by atoms with Crippen LogP contribution in [0.2, 0.25) is 0 Å². The van der Waals surface area contributed by atoms with E-state index in [9.17, 15) is 4.79 Å². The smallest absolute Gasteiger partial charge is 0.157 e. The zero-order valence-corrected chi connectivity index (χ0v) is 9.97. The topological polar surface area (TPSA) is 20.3 Å². The summed E-state index contributed by atoms with van der Waals surface area (Å²) < 4.78 is 0. The first-order valence-electron chi connectivity index (χ1n) is 4.77. The Hall–Kier alpha value is -0.670. The van der Waals surface area contributed by atoms with Crippen molar-refractivity contribution in [2.24, 2.45) is 5.92 Å². The van der Waals surface area contributed by atoms with Gasteiger partial charge in [-0.2, -0.15) is 0 Å². The van der Waals surface area contributed by atoms with Crippen LogP contribution in [0.5, 0.6) is 0 Å². The molecule has 0 radical (unpaired) electrons. The molecule has 3 heteroatoms. The second-order valence-electron chi connectivity index (χ2n) is 3.94. The molecule has 0 aliphatic heterocycles. The molecular weight excluding hydrogens is 206 g/mol. The molecule has 1 aromatic heterocycles. The first-order valence-corrected chi connectivity index (χ1v) is 5.65. The minimum Gasteiger partial charge on any atom is -0.297 e. The van der Waals surface area contributed by atoms with E-state index in [1.165, 1.54) is 0 Å². The quantitative estimate of drug-likeness (QED) is 0.787. The van der Waals surface area contributed by atoms with Gasteiger partial charge in [0.25, 0.3) is 0 Å². The molecule has 15 heavy (non-hydrogen) atoms. The van der Waals surface area contributed by atoms with Crippen molar-refractivity contribution in [3.05, 3.63) is 22.4 Å². The van der Waals surface area contributed by atoms with Gasteiger partial charge in [-0.1, -0.05) is 27.3 Å². The van der Waals surface area contributed by atoms with Crippen LogP contribution in [-0.4, -0.2) is 24.8 Å². The van der Waals surface area contributed by atoms with Crippen LogP contribution in [0.1, 0.15) is 32.2 Å². The summed E-state index contributed by atoms with van der Waals surface area (Å²) in [5.41, 5.74) is 0. The molecule has 0 fully saturated rings. The van der Waals surface area contributed by atoms with Crippen LogP contribution in [0.4, 0.5) is 0 Å². The minimum atomic E-state index is -0.0741. The molecule has 86 valence electrons. The Labute approximate surface area is 96.9 Å². The monoisotopic (exact) mass is 227 g/mol. The van der Waals surface area contributed by atoms with Crippen molar-refractivity contribution in [1.82, 2.24) is 4.90 Å². The van der Waals surface area contributed by atoms with Gasteiger partial charge >= 0.3 is 0 Å². The number of carbonyl (C=O) groups excluding carboxylic acids is 1. The first-order chi connectivity index (χ1) is 6.54. The van der Waals surface area contributed by atoms with E-state index in [1.54, 1.807) is 11.3 Å². The third-order valence-electron chi connectivity index (χ3n) is 2.17. The second-order valence-corrected chi connectivity index (χ2v) is 4.92. The molecule has 0 aliphatic carbocycles. The van der Waals surface area contributed by atoms with Gasteiger partial charge < -0.3 is 0 Å². The lowest BCUT2D eigenvalue weighted by molar-refractivity contribution is -0.126. The summed E-state index contributed by atoms with van der Waals surface area (Å²) in [5, 5.41) is 2.01. The van der Waals surface area contributed by atoms with Gasteiger partial charge in [-0.3, -0.25) is 9.69 Å². The molecule has 0 aliphatic rings. The molecule has 1 heterocycles. The van der Waals surface area contributed by atoms with Gasteiger partial charge in [0.1, 0.15) is 6.04 Å². The summed E-state index contributed by atoms with van der Waals surface area (Å²) in [6.45, 7) is 3.90. The van der Waals surface area contributed by atoms with Gasteiger partial charge in [0.2, 0.25) is 0 Å². The number of thiophene rings is 1. The fraction of sp³-hybridized carbons (Fsp3) is 0.583. The van der Waals surface area contributed by atoms with E-state index >= 15 is 0 Å². The highest BCUT2D eigenvalue weighted by atomic mass is 32.1. The number of hydrogen-bond acceptors (Lipinski definition) is 3. The molecule has 2 nitrogen and oxygen atoms in total. The predicted molar refractivity (Wildman–Crippen MR) is 67.3 cm³/mol. The van der Waals surface area contributed by atoms with Crippen molar-refractivity contribution in [2.75, 3.05) is 14.1 Å². The summed E-state index contributed by atoms with van der Waals surface area (Å²) in [4.78, 5) is 15.1. The van der Waals surface area contributed by atoms with Gasteiger partial charge in [-0.15, -0.1) is 11.3 Å². The highest BCUT2D eigenvalue weighted by Gasteiger charge is 2.25. The van der Waals surface area contributed by atoms with E-state index in [4.69, 9.17) is 0 Å². The van der Waals surface area contributed by atoms with Crippen LogP contribution in [0.15, 0.2) is 17.5 Å². The van der Waals surface area contributed by atoms with Crippen molar-refractivity contribution in [2.45, 2.75) is 27.3 Å². The summed E-state index contributed by atoms with van der Waals surface area (Å²) in [6.07, 6.45) is 0. The molecule has 0 bridgehead atoms. The summed E-state index contributed by atoms with van der Waals surface area (Å²) in [6, 6.07) is 3.94. The summed E-state index contributed by atoms with van der Waals surface area (Å²) >= 11 is 1.64. The zero-order chi connectivity index (χ0) is 10.7. The highest BCUT2D eigenvalue weighted by Crippen LogP contribution is 2.26. The van der Waals surface area contributed by atoms with Gasteiger partial charge in [0.05, 0.1) is 0 Å². The number of carbonyl (C=O) groups is 1. The molecular formula is C12H21NOS. The van der Waals surface area contributed by atoms with E-state index in [-0.39, 0.29) is 25.2 Å². The van der Waals surface area contributed by atoms with Crippen LogP contribution < -0.4 is 0 Å². The number of rotatable bonds is 4. The lowest BCUT2D eigenvalue weighted by Crippen LogP contribution is -2.29. The van der Waals surface area contributed by atoms with Crippen molar-refractivity contribution >= 4 is 17.1 Å². The largest absolute Gasteiger partial charge is 0.297 e. The van der Waals surface area contributed by atoms with Crippen molar-refractivity contribution in [3.63, 3.8) is 0 Å². The molecule has 1 rings (SSSR count). The Morgan fingerprint density at radius 2 is 2.00 bits per heavy atom. The molecule has 1 aromatic rings. The van der Waals surface area contributed by atoms with E-state index in [0.717, 1.165) is 4.88 Å². The van der Waals surface area contributed by atoms with Crippen LogP contribution in [0, 0.1) is 5.92 Å². The SMILES string of the molecule is C.CC(C)C(=O)C(c1cccs1)N(C)C. The third-order valence-corrected chi connectivity index (χ3v) is 3.09. The van der Waals surface area contributed by atoms with Gasteiger partial charge in [-0.25, -0.2) is 0 Å². The molecule has 0 aromatic carbocycles. The van der Waals surface area contributed by atoms with Crippen LogP contribution in [0.3, 0.4) is 0 Å². The predicted octanol–water partition coefficient (Wildman–Crippen LogP) is 3.21. The van der Waals surface area contributed by atoms with Crippen molar-refractivity contribution in [3.8, 4) is 0 Å². The second kappa shape index (κ2) is 6.03. The minimum absolute atomic E-state index is 0. The lowest BCUT2D eigenvalue weighted by atomic mass is 10.00. The number of hydrogen-bond donors (Lipinski definition) is 0. The zero-order valence-electron chi connectivity index (χ0n) is 9.15. The standard InChI is InChI=1S/C11H17NOS.CH4/c1-8(2)11(13)10(12(3)4)9-6-5-7-14-9;/h5-8,10H,1-4H3;1H4. The maximum Gasteiger partial charge on any atom is 0.157 e. The fourth-order valence-electron chi connectivity index (χ4n) is 1.41. The molecule has 1 unspecified atom stereocenters. The van der Waals surface area contributed by atoms with Gasteiger partial charge in [-0.05, 0) is 25.5 Å². The normalized spacial score (nSPS) is 12.7. The van der Waals surface area contributed by atoms with Crippen LogP contribution in [-0.2, 0) is 4.79 Å². The molecule has 0 saturated carbocycles. The number of nitrogens with zero attached hydrogens (tertiary/aromatic N) is 1.